The van der Waals surface area contributed by atoms with E-state index in [2.05, 4.69) is 14.9 Å². The maximum absolute atomic E-state index is 13.3. The third-order valence-electron chi connectivity index (χ3n) is 24.7. The molecule has 0 bridgehead atoms. The molecule has 4 aliphatic rings. The van der Waals surface area contributed by atoms with Gasteiger partial charge >= 0.3 is 42.0 Å². The van der Waals surface area contributed by atoms with Crippen molar-refractivity contribution in [3.63, 3.8) is 0 Å². The van der Waals surface area contributed by atoms with E-state index in [0.29, 0.717) is 97.6 Å². The fraction of sp³-hybridized carbons (Fsp3) is 0.193. The number of imide groups is 1. The van der Waals surface area contributed by atoms with E-state index in [1.54, 1.807) is 165 Å². The predicted octanol–water partition coefficient (Wildman–Crippen LogP) is 20.4. The number of methoxy groups -OCH3 is 2. The van der Waals surface area contributed by atoms with Gasteiger partial charge in [0.15, 0.2) is 17.3 Å². The Morgan fingerprint density at radius 3 is 1.03 bits per heavy atom. The Kier molecular flexibility index (Phi) is 36.2. The first-order chi connectivity index (χ1) is 70.5. The van der Waals surface area contributed by atoms with Crippen molar-refractivity contribution in [1.82, 2.24) is 5.32 Å². The fourth-order valence-corrected chi connectivity index (χ4v) is 20.5. The molecule has 0 radical (unpaired) electrons. The molecule has 0 aromatic heterocycles. The number of halogens is 8. The van der Waals surface area contributed by atoms with Crippen LogP contribution in [0.4, 0.5) is 28.4 Å². The molecule has 0 fully saturated rings. The molecule has 0 aliphatic carbocycles. The Balaban J connectivity index is 0.000000165. The lowest BCUT2D eigenvalue weighted by Gasteiger charge is -2.35. The van der Waals surface area contributed by atoms with Gasteiger partial charge in [0.05, 0.1) is 135 Å². The molecule has 39 heteroatoms. The summed E-state index contributed by atoms with van der Waals surface area (Å²) in [7, 11) is -1.07. The maximum Gasteiger partial charge on any atom is 0.329 e. The Morgan fingerprint density at radius 1 is 0.385 bits per heavy atom. The zero-order chi connectivity index (χ0) is 107. The van der Waals surface area contributed by atoms with Crippen molar-refractivity contribution in [1.29, 1.82) is 0 Å². The summed E-state index contributed by atoms with van der Waals surface area (Å²) in [6, 6.07) is 66.1. The quantitative estimate of drug-likeness (QED) is 0.0102. The molecule has 7 atom stereocenters. The van der Waals surface area contributed by atoms with Gasteiger partial charge in [0.25, 0.3) is 35.4 Å². The van der Waals surface area contributed by atoms with Crippen molar-refractivity contribution in [2.24, 2.45) is 17.8 Å². The van der Waals surface area contributed by atoms with Crippen LogP contribution in [0.25, 0.3) is 4.85 Å². The summed E-state index contributed by atoms with van der Waals surface area (Å²) in [4.78, 5) is 198. The van der Waals surface area contributed by atoms with Gasteiger partial charge in [-0.15, -0.1) is 0 Å². The van der Waals surface area contributed by atoms with E-state index >= 15 is 0 Å². The van der Waals surface area contributed by atoms with Crippen LogP contribution in [-0.4, -0.2) is 162 Å². The van der Waals surface area contributed by atoms with Crippen LogP contribution in [0.3, 0.4) is 0 Å². The Bertz CT molecular complexity index is 7180. The highest BCUT2D eigenvalue weighted by Gasteiger charge is 2.44. The number of hydrogen-bond donors (Lipinski definition) is 6. The molecule has 0 spiro atoms. The number of ether oxygens (including phenoxy) is 2. The lowest BCUT2D eigenvalue weighted by Crippen LogP contribution is -2.50. The summed E-state index contributed by atoms with van der Waals surface area (Å²) >= 11 is 48.9. The number of benzene rings is 12. The van der Waals surface area contributed by atoms with E-state index in [0.717, 1.165) is 27.8 Å². The zero-order valence-corrected chi connectivity index (χ0v) is 85.4. The van der Waals surface area contributed by atoms with Crippen LogP contribution >= 0.6 is 92.8 Å². The first-order valence-electron chi connectivity index (χ1n) is 45.2. The van der Waals surface area contributed by atoms with Gasteiger partial charge in [0.1, 0.15) is 18.1 Å². The number of anilines is 5. The second kappa shape index (κ2) is 48.6. The SMILES string of the molecule is COC(=O)C1Cc2ccccc2C(=O)N1c1ccc(C[C@H](CC(=O)c2c(Cl)cccc2Cl)C(=O)O)cc1.COC(=O)C1Cc2ccccc2C(=O)N1c1ccc(C[C@H](CC(=O)c2c(Cl)cccc2Cl)C(=O)O)cc1.Cc1cccc2c1C(=O)N(c1ccc(C[C@H](NC(=O)c3c(Cl)cc(NS(C)(=O)=O)cc3Cl)C(=O)O)cc1)C2=O.[C-]#[N+]C1Cc2ccccc2C(=O)N1c1ccc(C[C@H](CC(=O)c2c(Cl)cccc2Cl)C(=O)O)cc1. The summed E-state index contributed by atoms with van der Waals surface area (Å²) in [6.07, 6.45) is 0.600. The molecular formula is C109H87Cl8N7O23S. The summed E-state index contributed by atoms with van der Waals surface area (Å²) < 4.78 is 35.0. The first-order valence-corrected chi connectivity index (χ1v) is 50.1. The van der Waals surface area contributed by atoms with Crippen molar-refractivity contribution in [3.8, 4) is 0 Å². The lowest BCUT2D eigenvalue weighted by molar-refractivity contribution is -0.143. The van der Waals surface area contributed by atoms with Crippen molar-refractivity contribution in [2.45, 2.75) is 95.4 Å². The first kappa shape index (κ1) is 110. The minimum Gasteiger partial charge on any atom is -0.481 e. The van der Waals surface area contributed by atoms with E-state index in [-0.39, 0.29) is 131 Å². The number of carboxylic acids is 4. The summed E-state index contributed by atoms with van der Waals surface area (Å²) in [6.45, 7) is 9.32. The van der Waals surface area contributed by atoms with Crippen LogP contribution in [-0.2, 0) is 93.2 Å². The second-order valence-corrected chi connectivity index (χ2v) is 39.6. The lowest BCUT2D eigenvalue weighted by atomic mass is 9.91. The summed E-state index contributed by atoms with van der Waals surface area (Å²) in [5.41, 5.74) is 9.76. The monoisotopic (exact) mass is 2170 g/mol. The molecule has 30 nitrogen and oxygen atoms in total. The molecule has 0 saturated carbocycles. The fourth-order valence-electron chi connectivity index (χ4n) is 17.5. The number of esters is 2. The van der Waals surface area contributed by atoms with Crippen LogP contribution in [0, 0.1) is 31.2 Å². The number of amides is 6. The highest BCUT2D eigenvalue weighted by molar-refractivity contribution is 7.92. The number of carboxylic acid groups (broad SMARTS) is 4. The predicted molar refractivity (Wildman–Crippen MR) is 559 cm³/mol. The van der Waals surface area contributed by atoms with E-state index in [9.17, 15) is 101 Å². The molecule has 16 rings (SSSR count). The van der Waals surface area contributed by atoms with Crippen molar-refractivity contribution >= 4 is 220 Å². The van der Waals surface area contributed by atoms with Gasteiger partial charge in [-0.3, -0.25) is 76.9 Å². The standard InChI is InChI=1S/2C28H23Cl2NO6.C27H20Cl2N2O4.C26H21Cl2N3O7S/c2*1-37-28(36)23-14-17-5-2-3-6-20(17)26(33)31(23)19-11-9-16(10-12-19)13-18(27(34)35)15-24(32)25-21(29)7-4-8-22(25)30;1-30-24-15-17-5-2-3-6-20(17)26(33)31(24)19-11-9-16(10-12-19)13-18(27(34)35)14-23(32)25-21(28)7-4-8-22(25)29;1-13-4-3-5-17-21(13)25(34)31(24(17)33)16-8-6-14(7-9-16)10-20(26(35)36)29-23(32)22-18(27)11-15(12-19(22)28)30-39(2,37)38/h2*2-12,18,23H,13-15H2,1H3,(H,34,35);2-12,18,24H,13-15H2,(H,34,35);3-9,11-12,20,30H,10H2,1-2H3,(H,29,32)(H,35,36)/t2*18-,23?;18-,24?;20-/m1110/s1. The molecule has 148 heavy (non-hydrogen) atoms. The molecule has 758 valence electrons. The number of carbonyl (C=O) groups excluding carboxylic acids is 11. The third kappa shape index (κ3) is 25.8. The molecule has 3 unspecified atom stereocenters. The molecule has 4 aliphatic heterocycles. The average molecular weight is 2180 g/mol. The topological polar surface area (TPSA) is 431 Å². The minimum absolute atomic E-state index is 0.0344. The maximum atomic E-state index is 13.3. The molecule has 4 heterocycles. The summed E-state index contributed by atoms with van der Waals surface area (Å²) in [5.74, 6) is -12.8. The largest absolute Gasteiger partial charge is 0.481 e. The van der Waals surface area contributed by atoms with Crippen molar-refractivity contribution < 1.29 is 110 Å². The minimum atomic E-state index is -3.63. The van der Waals surface area contributed by atoms with E-state index in [1.165, 1.54) is 89.6 Å². The van der Waals surface area contributed by atoms with Gasteiger partial charge in [-0.1, -0.05) is 226 Å². The zero-order valence-electron chi connectivity index (χ0n) is 78.6. The van der Waals surface area contributed by atoms with Crippen molar-refractivity contribution in [2.75, 3.05) is 44.8 Å². The normalized spacial score (nSPS) is 15.1. The average Bonchev–Trinajstić information content (AvgIpc) is 1.70. The second-order valence-electron chi connectivity index (χ2n) is 34.6. The Labute approximate surface area is 887 Å². The Hall–Kier alpha value is -15.0. The van der Waals surface area contributed by atoms with Crippen LogP contribution < -0.4 is 29.6 Å². The summed E-state index contributed by atoms with van der Waals surface area (Å²) in [5, 5.41) is 42.0. The molecule has 12 aromatic carbocycles. The number of fused-ring (bicyclic) bond motifs is 4. The van der Waals surface area contributed by atoms with Crippen molar-refractivity contribution in [3.05, 3.63) is 401 Å². The molecule has 12 aromatic rings. The van der Waals surface area contributed by atoms with E-state index < -0.39 is 123 Å². The highest BCUT2D eigenvalue weighted by atomic mass is 35.5. The number of aryl methyl sites for hydroxylation is 1. The number of nitrogens with one attached hydrogen (secondary N) is 2. The molecule has 6 N–H and O–H groups in total. The van der Waals surface area contributed by atoms with Crippen LogP contribution in [0.2, 0.25) is 40.2 Å². The number of ketones is 3. The van der Waals surface area contributed by atoms with E-state index in [1.807, 2.05) is 36.4 Å². The Morgan fingerprint density at radius 2 is 0.703 bits per heavy atom. The van der Waals surface area contributed by atoms with Crippen LogP contribution in [0.1, 0.15) is 157 Å². The number of hydrogen-bond acceptors (Lipinski definition) is 19. The molecule has 0 saturated heterocycles. The van der Waals surface area contributed by atoms with Crippen LogP contribution in [0.5, 0.6) is 0 Å². The number of aliphatic carboxylic acids is 4. The highest BCUT2D eigenvalue weighted by Crippen LogP contribution is 2.40. The van der Waals surface area contributed by atoms with Gasteiger partial charge in [-0.2, -0.15) is 0 Å². The number of carbonyl (C=O) groups is 15. The van der Waals surface area contributed by atoms with Gasteiger partial charge in [0, 0.05) is 66.6 Å². The van der Waals surface area contributed by atoms with Crippen LogP contribution in [0.15, 0.2) is 255 Å². The van der Waals surface area contributed by atoms with Gasteiger partial charge < -0.3 is 35.2 Å². The van der Waals surface area contributed by atoms with Gasteiger partial charge in [-0.25, -0.2) is 39.2 Å². The van der Waals surface area contributed by atoms with Gasteiger partial charge in [-0.05, 0) is 192 Å². The van der Waals surface area contributed by atoms with Gasteiger partial charge in [0.2, 0.25) is 10.0 Å². The molecule has 6 amide bonds. The smallest absolute Gasteiger partial charge is 0.329 e. The number of sulfonamides is 1. The number of rotatable bonds is 31. The number of Topliss-reactive ketones (excluding diaryl/α,β-unsaturated/α-hetero) is 3. The van der Waals surface area contributed by atoms with E-state index in [4.69, 9.17) is 109 Å². The number of nitrogens with zero attached hydrogens (tertiary/aromatic N) is 5. The molecular weight excluding hydrogens is 2090 g/mol. The third-order valence-corrected chi connectivity index (χ3v) is 27.8.